The SMILES string of the molecule is CC1(C(=O)O)CCCN1C(=O)c1ccc(N2CCOCC2)cc1. The Labute approximate surface area is 135 Å². The van der Waals surface area contributed by atoms with Crippen LogP contribution in [0.4, 0.5) is 5.69 Å². The molecule has 0 spiro atoms. The first-order valence-electron chi connectivity index (χ1n) is 8.00. The second-order valence-corrected chi connectivity index (χ2v) is 6.29. The van der Waals surface area contributed by atoms with E-state index in [2.05, 4.69) is 4.90 Å². The summed E-state index contributed by atoms with van der Waals surface area (Å²) in [7, 11) is 0. The van der Waals surface area contributed by atoms with Gasteiger partial charge in [0.2, 0.25) is 0 Å². The van der Waals surface area contributed by atoms with Crippen molar-refractivity contribution in [2.75, 3.05) is 37.7 Å². The minimum atomic E-state index is -1.10. The molecular weight excluding hydrogens is 296 g/mol. The summed E-state index contributed by atoms with van der Waals surface area (Å²) in [6.07, 6.45) is 1.22. The number of likely N-dealkylation sites (tertiary alicyclic amines) is 1. The zero-order valence-electron chi connectivity index (χ0n) is 13.3. The number of anilines is 1. The van der Waals surface area contributed by atoms with E-state index in [1.54, 1.807) is 19.1 Å². The Hall–Kier alpha value is -2.08. The molecule has 2 aliphatic rings. The predicted molar refractivity (Wildman–Crippen MR) is 85.8 cm³/mol. The molecule has 1 unspecified atom stereocenters. The van der Waals surface area contributed by atoms with Gasteiger partial charge in [-0.25, -0.2) is 4.79 Å². The van der Waals surface area contributed by atoms with Gasteiger partial charge in [0.05, 0.1) is 13.2 Å². The van der Waals surface area contributed by atoms with E-state index < -0.39 is 11.5 Å². The second-order valence-electron chi connectivity index (χ2n) is 6.29. The van der Waals surface area contributed by atoms with Gasteiger partial charge in [-0.05, 0) is 44.0 Å². The number of ether oxygens (including phenoxy) is 1. The fourth-order valence-corrected chi connectivity index (χ4v) is 3.30. The topological polar surface area (TPSA) is 70.1 Å². The Morgan fingerprint density at radius 3 is 2.39 bits per heavy atom. The van der Waals surface area contributed by atoms with Gasteiger partial charge in [-0.2, -0.15) is 0 Å². The van der Waals surface area contributed by atoms with Crippen LogP contribution in [0.2, 0.25) is 0 Å². The molecule has 0 aromatic heterocycles. The Morgan fingerprint density at radius 2 is 1.78 bits per heavy atom. The Balaban J connectivity index is 1.76. The third-order valence-electron chi connectivity index (χ3n) is 4.84. The Morgan fingerprint density at radius 1 is 1.13 bits per heavy atom. The van der Waals surface area contributed by atoms with Crippen molar-refractivity contribution in [3.63, 3.8) is 0 Å². The van der Waals surface area contributed by atoms with Gasteiger partial charge in [-0.15, -0.1) is 0 Å². The summed E-state index contributed by atoms with van der Waals surface area (Å²) in [4.78, 5) is 27.9. The summed E-state index contributed by atoms with van der Waals surface area (Å²) in [5.74, 6) is -1.14. The van der Waals surface area contributed by atoms with Gasteiger partial charge in [-0.3, -0.25) is 4.79 Å². The Kier molecular flexibility index (Phi) is 4.26. The highest BCUT2D eigenvalue weighted by atomic mass is 16.5. The van der Waals surface area contributed by atoms with Crippen LogP contribution in [0.15, 0.2) is 24.3 Å². The maximum atomic E-state index is 12.7. The summed E-state index contributed by atoms with van der Waals surface area (Å²) in [5, 5.41) is 9.44. The number of carbonyl (C=O) groups is 2. The van der Waals surface area contributed by atoms with Crippen LogP contribution < -0.4 is 4.90 Å². The fourth-order valence-electron chi connectivity index (χ4n) is 3.30. The van der Waals surface area contributed by atoms with E-state index >= 15 is 0 Å². The average Bonchev–Trinajstić information content (AvgIpc) is 2.98. The lowest BCUT2D eigenvalue weighted by Gasteiger charge is -2.31. The smallest absolute Gasteiger partial charge is 0.329 e. The van der Waals surface area contributed by atoms with Gasteiger partial charge in [0.15, 0.2) is 0 Å². The van der Waals surface area contributed by atoms with Crippen molar-refractivity contribution < 1.29 is 19.4 Å². The molecule has 2 fully saturated rings. The summed E-state index contributed by atoms with van der Waals surface area (Å²) < 4.78 is 5.34. The number of morpholine rings is 1. The number of carboxylic acid groups (broad SMARTS) is 1. The van der Waals surface area contributed by atoms with Crippen LogP contribution in [0.3, 0.4) is 0 Å². The highest BCUT2D eigenvalue weighted by molar-refractivity contribution is 5.98. The number of aliphatic carboxylic acids is 1. The third-order valence-corrected chi connectivity index (χ3v) is 4.84. The number of nitrogens with zero attached hydrogens (tertiary/aromatic N) is 2. The number of carboxylic acids is 1. The largest absolute Gasteiger partial charge is 0.480 e. The second kappa shape index (κ2) is 6.20. The van der Waals surface area contributed by atoms with Crippen LogP contribution in [0.1, 0.15) is 30.1 Å². The minimum absolute atomic E-state index is 0.207. The first kappa shape index (κ1) is 15.8. The molecular formula is C17H22N2O4. The highest BCUT2D eigenvalue weighted by Gasteiger charge is 2.46. The van der Waals surface area contributed by atoms with E-state index in [-0.39, 0.29) is 5.91 Å². The van der Waals surface area contributed by atoms with Crippen LogP contribution >= 0.6 is 0 Å². The Bertz CT molecular complexity index is 595. The van der Waals surface area contributed by atoms with E-state index in [0.29, 0.717) is 31.7 Å². The lowest BCUT2D eigenvalue weighted by Crippen LogP contribution is -2.50. The van der Waals surface area contributed by atoms with E-state index in [4.69, 9.17) is 4.74 Å². The van der Waals surface area contributed by atoms with Crippen LogP contribution in [-0.4, -0.2) is 60.3 Å². The molecule has 23 heavy (non-hydrogen) atoms. The highest BCUT2D eigenvalue weighted by Crippen LogP contribution is 2.31. The molecule has 1 aromatic carbocycles. The van der Waals surface area contributed by atoms with Gasteiger partial charge >= 0.3 is 5.97 Å². The van der Waals surface area contributed by atoms with E-state index in [0.717, 1.165) is 25.2 Å². The summed E-state index contributed by atoms with van der Waals surface area (Å²) in [6.45, 7) is 5.24. The van der Waals surface area contributed by atoms with Crippen LogP contribution in [0.25, 0.3) is 0 Å². The first-order chi connectivity index (χ1) is 11.0. The van der Waals surface area contributed by atoms with Crippen LogP contribution in [0, 0.1) is 0 Å². The summed E-state index contributed by atoms with van der Waals surface area (Å²) >= 11 is 0. The molecule has 1 aromatic rings. The number of rotatable bonds is 3. The monoisotopic (exact) mass is 318 g/mol. The maximum absolute atomic E-state index is 12.7. The molecule has 0 saturated carbocycles. The first-order valence-corrected chi connectivity index (χ1v) is 8.00. The van der Waals surface area contributed by atoms with E-state index in [1.165, 1.54) is 4.90 Å². The molecule has 3 rings (SSSR count). The minimum Gasteiger partial charge on any atom is -0.480 e. The van der Waals surface area contributed by atoms with Gasteiger partial charge in [0.1, 0.15) is 5.54 Å². The molecule has 1 N–H and O–H groups in total. The number of hydrogen-bond donors (Lipinski definition) is 1. The van der Waals surface area contributed by atoms with Gasteiger partial charge < -0.3 is 19.6 Å². The molecule has 2 heterocycles. The predicted octanol–water partition coefficient (Wildman–Crippen LogP) is 1.60. The van der Waals surface area contributed by atoms with Crippen LogP contribution in [0.5, 0.6) is 0 Å². The van der Waals surface area contributed by atoms with Crippen LogP contribution in [-0.2, 0) is 9.53 Å². The van der Waals surface area contributed by atoms with Crippen molar-refractivity contribution in [2.45, 2.75) is 25.3 Å². The average molecular weight is 318 g/mol. The maximum Gasteiger partial charge on any atom is 0.329 e. The molecule has 1 atom stereocenters. The number of benzene rings is 1. The van der Waals surface area contributed by atoms with Crippen molar-refractivity contribution in [1.29, 1.82) is 0 Å². The molecule has 0 radical (unpaired) electrons. The zero-order valence-corrected chi connectivity index (χ0v) is 13.3. The molecule has 0 bridgehead atoms. The van der Waals surface area contributed by atoms with Gasteiger partial charge in [0.25, 0.3) is 5.91 Å². The fraction of sp³-hybridized carbons (Fsp3) is 0.529. The van der Waals surface area contributed by atoms with Crippen molar-refractivity contribution in [3.05, 3.63) is 29.8 Å². The van der Waals surface area contributed by atoms with Crippen molar-refractivity contribution in [1.82, 2.24) is 4.90 Å². The van der Waals surface area contributed by atoms with Crippen molar-refractivity contribution in [3.8, 4) is 0 Å². The van der Waals surface area contributed by atoms with Crippen molar-refractivity contribution >= 4 is 17.6 Å². The summed E-state index contributed by atoms with van der Waals surface area (Å²) in [5.41, 5.74) is 0.503. The molecule has 0 aliphatic carbocycles. The quantitative estimate of drug-likeness (QED) is 0.917. The third kappa shape index (κ3) is 2.91. The van der Waals surface area contributed by atoms with Crippen molar-refractivity contribution in [2.24, 2.45) is 0 Å². The number of amides is 1. The normalized spacial score (nSPS) is 24.7. The van der Waals surface area contributed by atoms with Gasteiger partial charge in [0, 0.05) is 30.9 Å². The molecule has 6 nitrogen and oxygen atoms in total. The van der Waals surface area contributed by atoms with E-state index in [1.807, 2.05) is 12.1 Å². The lowest BCUT2D eigenvalue weighted by atomic mass is 9.98. The van der Waals surface area contributed by atoms with Gasteiger partial charge in [-0.1, -0.05) is 0 Å². The summed E-state index contributed by atoms with van der Waals surface area (Å²) in [6, 6.07) is 7.42. The lowest BCUT2D eigenvalue weighted by molar-refractivity contribution is -0.147. The molecule has 1 amide bonds. The van der Waals surface area contributed by atoms with E-state index in [9.17, 15) is 14.7 Å². The molecule has 2 saturated heterocycles. The number of carbonyl (C=O) groups excluding carboxylic acids is 1. The number of hydrogen-bond acceptors (Lipinski definition) is 4. The molecule has 6 heteroatoms. The molecule has 124 valence electrons. The molecule has 2 aliphatic heterocycles. The zero-order chi connectivity index (χ0) is 16.4. The standard InChI is InChI=1S/C17H22N2O4/c1-17(16(21)22)7-2-8-19(17)15(20)13-3-5-14(6-4-13)18-9-11-23-12-10-18/h3-6H,2,7-12H2,1H3,(H,21,22).